The van der Waals surface area contributed by atoms with Gasteiger partial charge in [0.2, 0.25) is 0 Å². The Balaban J connectivity index is 1.99. The summed E-state index contributed by atoms with van der Waals surface area (Å²) < 4.78 is 45.5. The molecule has 1 heterocycles. The molecule has 0 aliphatic carbocycles. The molecule has 1 aliphatic heterocycles. The number of alkyl halides is 3. The van der Waals surface area contributed by atoms with Crippen LogP contribution in [-0.4, -0.2) is 41.0 Å². The maximum absolute atomic E-state index is 13.5. The fourth-order valence-corrected chi connectivity index (χ4v) is 4.27. The quantitative estimate of drug-likeness (QED) is 0.389. The van der Waals surface area contributed by atoms with Crippen molar-refractivity contribution >= 4 is 58.0 Å². The smallest absolute Gasteiger partial charge is 0.417 e. The Hall–Kier alpha value is -3.40. The molecule has 0 saturated carbocycles. The number of nitriles is 1. The van der Waals surface area contributed by atoms with Gasteiger partial charge in [-0.2, -0.15) is 18.4 Å². The summed E-state index contributed by atoms with van der Waals surface area (Å²) in [5.41, 5.74) is -2.76. The van der Waals surface area contributed by atoms with Crippen molar-refractivity contribution in [3.8, 4) is 6.07 Å². The maximum Gasteiger partial charge on any atom is 0.417 e. The van der Waals surface area contributed by atoms with Gasteiger partial charge in [0.15, 0.2) is 5.11 Å². The minimum Gasteiger partial charge on any atom is -0.449 e. The second kappa shape index (κ2) is 10.3. The first-order valence-electron chi connectivity index (χ1n) is 10.5. The largest absolute Gasteiger partial charge is 0.449 e. The Bertz CT molecular complexity index is 1260. The van der Waals surface area contributed by atoms with Gasteiger partial charge in [-0.15, -0.1) is 0 Å². The van der Waals surface area contributed by atoms with Gasteiger partial charge in [0.25, 0.3) is 5.91 Å². The lowest BCUT2D eigenvalue weighted by atomic mass is 10.0. The van der Waals surface area contributed by atoms with Gasteiger partial charge in [-0.3, -0.25) is 15.0 Å². The molecule has 0 bridgehead atoms. The molecule has 8 nitrogen and oxygen atoms in total. The number of ether oxygens (including phenoxy) is 1. The van der Waals surface area contributed by atoms with E-state index in [1.165, 1.54) is 35.2 Å². The zero-order valence-electron chi connectivity index (χ0n) is 19.0. The summed E-state index contributed by atoms with van der Waals surface area (Å²) in [5.74, 6) is -0.599. The minimum absolute atomic E-state index is 0.0170. The Labute approximate surface area is 214 Å². The van der Waals surface area contributed by atoms with Crippen LogP contribution < -0.4 is 15.1 Å². The number of carbonyl (C=O) groups is 2. The van der Waals surface area contributed by atoms with E-state index in [-0.39, 0.29) is 41.1 Å². The van der Waals surface area contributed by atoms with Crippen molar-refractivity contribution in [3.63, 3.8) is 0 Å². The number of aliphatic hydroxyl groups is 1. The van der Waals surface area contributed by atoms with E-state index in [0.717, 1.165) is 11.0 Å². The molecule has 2 amide bonds. The normalized spacial score (nSPS) is 15.2. The van der Waals surface area contributed by atoms with Crippen molar-refractivity contribution in [1.82, 2.24) is 0 Å². The number of amides is 2. The predicted molar refractivity (Wildman–Crippen MR) is 131 cm³/mol. The summed E-state index contributed by atoms with van der Waals surface area (Å²) in [5, 5.41) is 20.4. The second-order valence-corrected chi connectivity index (χ2v) is 8.93. The highest BCUT2D eigenvalue weighted by molar-refractivity contribution is 7.81. The van der Waals surface area contributed by atoms with E-state index in [4.69, 9.17) is 38.9 Å². The third kappa shape index (κ3) is 5.23. The molecule has 190 valence electrons. The van der Waals surface area contributed by atoms with Crippen molar-refractivity contribution in [1.29, 1.82) is 5.26 Å². The van der Waals surface area contributed by atoms with Crippen LogP contribution in [0.1, 0.15) is 31.4 Å². The van der Waals surface area contributed by atoms with Crippen LogP contribution in [0, 0.1) is 11.3 Å². The Kier molecular flexibility index (Phi) is 7.78. The van der Waals surface area contributed by atoms with Crippen LogP contribution in [-0.2, 0) is 15.7 Å². The van der Waals surface area contributed by atoms with Crippen LogP contribution >= 0.6 is 23.8 Å². The molecule has 2 N–H and O–H groups in total. The van der Waals surface area contributed by atoms with Crippen molar-refractivity contribution in [2.45, 2.75) is 32.0 Å². The molecule has 2 aromatic rings. The van der Waals surface area contributed by atoms with Crippen molar-refractivity contribution in [2.24, 2.45) is 0 Å². The number of benzene rings is 2. The van der Waals surface area contributed by atoms with E-state index < -0.39 is 34.8 Å². The number of rotatable bonds is 6. The highest BCUT2D eigenvalue weighted by Gasteiger charge is 2.50. The first-order chi connectivity index (χ1) is 16.8. The van der Waals surface area contributed by atoms with Gasteiger partial charge in [0, 0.05) is 18.7 Å². The molecule has 3 rings (SSSR count). The van der Waals surface area contributed by atoms with E-state index in [0.29, 0.717) is 11.8 Å². The molecule has 0 radical (unpaired) electrons. The summed E-state index contributed by atoms with van der Waals surface area (Å²) in [7, 11) is 0. The molecule has 1 aliphatic rings. The minimum atomic E-state index is -4.82. The SMILES string of the molecule is CC1(C)C(=O)N(c2ccc(C#N)c(C(F)(F)F)c2)C(=S)N1c1ccc(Cl)c(NC(=O)OCCCO)c1. The van der Waals surface area contributed by atoms with Crippen molar-refractivity contribution in [2.75, 3.05) is 28.3 Å². The van der Waals surface area contributed by atoms with Gasteiger partial charge in [-0.05, 0) is 62.5 Å². The lowest BCUT2D eigenvalue weighted by Crippen LogP contribution is -2.44. The lowest BCUT2D eigenvalue weighted by Gasteiger charge is -2.30. The molecule has 0 aromatic heterocycles. The molecular weight excluding hydrogens is 521 g/mol. The molecular formula is C23H20ClF3N4O4S. The fourth-order valence-electron chi connectivity index (χ4n) is 3.58. The monoisotopic (exact) mass is 540 g/mol. The van der Waals surface area contributed by atoms with Crippen LogP contribution in [0.5, 0.6) is 0 Å². The number of hydrogen-bond acceptors (Lipinski definition) is 6. The molecule has 1 fully saturated rings. The fraction of sp³-hybridized carbons (Fsp3) is 0.304. The highest BCUT2D eigenvalue weighted by atomic mass is 35.5. The second-order valence-electron chi connectivity index (χ2n) is 8.16. The number of carbonyl (C=O) groups excluding carboxylic acids is 2. The number of nitrogens with one attached hydrogen (secondary N) is 1. The first-order valence-corrected chi connectivity index (χ1v) is 11.3. The standard InChI is InChI=1S/C23H20ClF3N4O4S/c1-22(2)19(33)30(14-5-4-13(12-28)16(10-14)23(25,26)27)21(36)31(22)15-6-7-17(24)18(11-15)29-20(34)35-9-3-8-32/h4-7,10-11,32H,3,8-9H2,1-2H3,(H,29,34). The van der Waals surface area contributed by atoms with Gasteiger partial charge in [0.1, 0.15) is 5.54 Å². The van der Waals surface area contributed by atoms with E-state index in [1.807, 2.05) is 0 Å². The summed E-state index contributed by atoms with van der Waals surface area (Å²) in [4.78, 5) is 27.7. The lowest BCUT2D eigenvalue weighted by molar-refractivity contribution is -0.137. The third-order valence-corrected chi connectivity index (χ3v) is 6.03. The molecule has 0 unspecified atom stereocenters. The van der Waals surface area contributed by atoms with Gasteiger partial charge in [-0.25, -0.2) is 4.79 Å². The van der Waals surface area contributed by atoms with Crippen LogP contribution in [0.25, 0.3) is 0 Å². The van der Waals surface area contributed by atoms with E-state index in [9.17, 15) is 22.8 Å². The van der Waals surface area contributed by atoms with Gasteiger partial charge in [-0.1, -0.05) is 11.6 Å². The van der Waals surface area contributed by atoms with Gasteiger partial charge >= 0.3 is 12.3 Å². The Morgan fingerprint density at radius 3 is 2.53 bits per heavy atom. The topological polar surface area (TPSA) is 106 Å². The summed E-state index contributed by atoms with van der Waals surface area (Å²) in [6.07, 6.45) is -5.38. The van der Waals surface area contributed by atoms with Gasteiger partial charge in [0.05, 0.1) is 40.2 Å². The number of aliphatic hydroxyl groups excluding tert-OH is 1. The number of nitrogens with zero attached hydrogens (tertiary/aromatic N) is 3. The summed E-state index contributed by atoms with van der Waals surface area (Å²) >= 11 is 11.7. The summed E-state index contributed by atoms with van der Waals surface area (Å²) in [6, 6.07) is 8.84. The van der Waals surface area contributed by atoms with Crippen LogP contribution in [0.3, 0.4) is 0 Å². The van der Waals surface area contributed by atoms with Crippen LogP contribution in [0.4, 0.5) is 35.0 Å². The van der Waals surface area contributed by atoms with Crippen LogP contribution in [0.2, 0.25) is 5.02 Å². The first kappa shape index (κ1) is 27.2. The average molecular weight is 541 g/mol. The van der Waals surface area contributed by atoms with E-state index in [2.05, 4.69) is 5.32 Å². The molecule has 0 atom stereocenters. The zero-order chi connectivity index (χ0) is 26.8. The average Bonchev–Trinajstić information content (AvgIpc) is 2.98. The van der Waals surface area contributed by atoms with Crippen molar-refractivity contribution in [3.05, 3.63) is 52.5 Å². The number of hydrogen-bond donors (Lipinski definition) is 2. The summed E-state index contributed by atoms with van der Waals surface area (Å²) in [6.45, 7) is 2.91. The van der Waals surface area contributed by atoms with E-state index >= 15 is 0 Å². The Morgan fingerprint density at radius 1 is 1.25 bits per heavy atom. The molecule has 13 heteroatoms. The predicted octanol–water partition coefficient (Wildman–Crippen LogP) is 5.08. The molecule has 0 spiro atoms. The third-order valence-electron chi connectivity index (χ3n) is 5.34. The highest BCUT2D eigenvalue weighted by Crippen LogP contribution is 2.40. The number of thiocarbonyl (C=S) groups is 1. The Morgan fingerprint density at radius 2 is 1.92 bits per heavy atom. The molecule has 1 saturated heterocycles. The van der Waals surface area contributed by atoms with E-state index in [1.54, 1.807) is 13.8 Å². The maximum atomic E-state index is 13.5. The van der Waals surface area contributed by atoms with Gasteiger partial charge < -0.3 is 14.7 Å². The van der Waals surface area contributed by atoms with Crippen LogP contribution in [0.15, 0.2) is 36.4 Å². The molecule has 2 aromatic carbocycles. The zero-order valence-corrected chi connectivity index (χ0v) is 20.6. The number of anilines is 3. The van der Waals surface area contributed by atoms with Crippen molar-refractivity contribution < 1.29 is 32.6 Å². The molecule has 36 heavy (non-hydrogen) atoms. The number of halogens is 4.